The predicted octanol–water partition coefficient (Wildman–Crippen LogP) is -0.998. The lowest BCUT2D eigenvalue weighted by Gasteiger charge is -2.19. The van der Waals surface area contributed by atoms with E-state index in [-0.39, 0.29) is 25.9 Å². The van der Waals surface area contributed by atoms with Crippen LogP contribution in [0.2, 0.25) is 0 Å². The molecular formula is C22H27N5O4. The van der Waals surface area contributed by atoms with Gasteiger partial charge in [-0.15, -0.1) is 0 Å². The summed E-state index contributed by atoms with van der Waals surface area (Å²) in [6.45, 7) is -0.639. The van der Waals surface area contributed by atoms with Gasteiger partial charge in [0.05, 0.1) is 13.1 Å². The minimum absolute atomic E-state index is 0.234. The zero-order valence-electron chi connectivity index (χ0n) is 17.0. The van der Waals surface area contributed by atoms with E-state index in [4.69, 9.17) is 11.5 Å². The van der Waals surface area contributed by atoms with Crippen LogP contribution in [0.1, 0.15) is 11.1 Å². The van der Waals surface area contributed by atoms with Gasteiger partial charge in [-0.1, -0.05) is 60.7 Å². The van der Waals surface area contributed by atoms with Crippen molar-refractivity contribution in [1.82, 2.24) is 16.0 Å². The number of benzene rings is 2. The summed E-state index contributed by atoms with van der Waals surface area (Å²) >= 11 is 0. The van der Waals surface area contributed by atoms with Crippen LogP contribution in [-0.2, 0) is 32.0 Å². The lowest BCUT2D eigenvalue weighted by Crippen LogP contribution is -2.53. The summed E-state index contributed by atoms with van der Waals surface area (Å²) in [5.41, 5.74) is 12.4. The highest BCUT2D eigenvalue weighted by atomic mass is 16.2. The van der Waals surface area contributed by atoms with E-state index in [1.165, 1.54) is 0 Å². The maximum absolute atomic E-state index is 12.6. The van der Waals surface area contributed by atoms with E-state index >= 15 is 0 Å². The van der Waals surface area contributed by atoms with Crippen LogP contribution in [0.4, 0.5) is 0 Å². The predicted molar refractivity (Wildman–Crippen MR) is 115 cm³/mol. The fraction of sp³-hybridized carbons (Fsp3) is 0.273. The molecule has 0 radical (unpaired) electrons. The van der Waals surface area contributed by atoms with Crippen molar-refractivity contribution in [3.8, 4) is 0 Å². The molecule has 0 aromatic heterocycles. The summed E-state index contributed by atoms with van der Waals surface area (Å²) < 4.78 is 0. The topological polar surface area (TPSA) is 156 Å². The zero-order valence-corrected chi connectivity index (χ0v) is 17.0. The van der Waals surface area contributed by atoms with Gasteiger partial charge >= 0.3 is 0 Å². The van der Waals surface area contributed by atoms with Crippen LogP contribution in [0.15, 0.2) is 60.7 Å². The van der Waals surface area contributed by atoms with Gasteiger partial charge in [0.2, 0.25) is 23.6 Å². The second-order valence-electron chi connectivity index (χ2n) is 6.94. The van der Waals surface area contributed by atoms with E-state index in [9.17, 15) is 19.2 Å². The molecule has 7 N–H and O–H groups in total. The molecule has 0 aliphatic carbocycles. The van der Waals surface area contributed by atoms with Crippen molar-refractivity contribution in [3.05, 3.63) is 71.8 Å². The van der Waals surface area contributed by atoms with Crippen LogP contribution in [-0.4, -0.2) is 48.8 Å². The Labute approximate surface area is 180 Å². The van der Waals surface area contributed by atoms with E-state index < -0.39 is 35.7 Å². The molecule has 0 aliphatic rings. The van der Waals surface area contributed by atoms with Crippen molar-refractivity contribution in [2.45, 2.75) is 24.9 Å². The highest BCUT2D eigenvalue weighted by molar-refractivity contribution is 5.92. The fourth-order valence-corrected chi connectivity index (χ4v) is 2.92. The van der Waals surface area contributed by atoms with Crippen molar-refractivity contribution in [2.75, 3.05) is 13.1 Å². The molecule has 2 aromatic rings. The van der Waals surface area contributed by atoms with Gasteiger partial charge in [0.1, 0.15) is 12.1 Å². The molecule has 9 heteroatoms. The van der Waals surface area contributed by atoms with E-state index in [2.05, 4.69) is 16.0 Å². The molecule has 0 bridgehead atoms. The monoisotopic (exact) mass is 425 g/mol. The molecule has 0 saturated heterocycles. The van der Waals surface area contributed by atoms with E-state index in [1.54, 1.807) is 0 Å². The number of carbonyl (C=O) groups excluding carboxylic acids is 4. The third kappa shape index (κ3) is 8.27. The SMILES string of the molecule is NCC(=O)NC(Cc1ccccc1)C(=O)NCC(=O)NC(Cc1ccccc1)C(N)=O. The van der Waals surface area contributed by atoms with Crippen molar-refractivity contribution < 1.29 is 19.2 Å². The Kier molecular flexibility index (Phi) is 9.18. The summed E-state index contributed by atoms with van der Waals surface area (Å²) in [4.78, 5) is 48.3. The van der Waals surface area contributed by atoms with Crippen LogP contribution in [0, 0.1) is 0 Å². The summed E-state index contributed by atoms with van der Waals surface area (Å²) in [5, 5.41) is 7.56. The van der Waals surface area contributed by atoms with Crippen molar-refractivity contribution in [3.63, 3.8) is 0 Å². The lowest BCUT2D eigenvalue weighted by atomic mass is 10.0. The number of amides is 4. The van der Waals surface area contributed by atoms with Crippen LogP contribution in [0.25, 0.3) is 0 Å². The Morgan fingerprint density at radius 2 is 1.23 bits per heavy atom. The number of hydrogen-bond acceptors (Lipinski definition) is 5. The first-order valence-electron chi connectivity index (χ1n) is 9.82. The van der Waals surface area contributed by atoms with Gasteiger partial charge in [0, 0.05) is 12.8 Å². The number of primary amides is 1. The van der Waals surface area contributed by atoms with Gasteiger partial charge in [0.25, 0.3) is 0 Å². The molecule has 9 nitrogen and oxygen atoms in total. The fourth-order valence-electron chi connectivity index (χ4n) is 2.92. The minimum Gasteiger partial charge on any atom is -0.368 e. The molecule has 0 aliphatic heterocycles. The molecule has 2 unspecified atom stereocenters. The average Bonchev–Trinajstić information content (AvgIpc) is 2.77. The standard InChI is InChI=1S/C22H27N5O4/c23-13-19(28)27-18(12-16-9-5-2-6-10-16)22(31)25-14-20(29)26-17(21(24)30)11-15-7-3-1-4-8-15/h1-10,17-18H,11-14,23H2,(H2,24,30)(H,25,31)(H,26,29)(H,27,28). The molecule has 0 heterocycles. The molecule has 4 amide bonds. The smallest absolute Gasteiger partial charge is 0.243 e. The van der Waals surface area contributed by atoms with Gasteiger partial charge in [0.15, 0.2) is 0 Å². The molecule has 2 atom stereocenters. The van der Waals surface area contributed by atoms with Crippen molar-refractivity contribution in [1.29, 1.82) is 0 Å². The Hall–Kier alpha value is -3.72. The summed E-state index contributed by atoms with van der Waals surface area (Å²) in [6, 6.07) is 16.4. The van der Waals surface area contributed by atoms with Crippen LogP contribution in [0.5, 0.6) is 0 Å². The second-order valence-corrected chi connectivity index (χ2v) is 6.94. The van der Waals surface area contributed by atoms with Gasteiger partial charge in [-0.05, 0) is 11.1 Å². The zero-order chi connectivity index (χ0) is 22.6. The molecule has 164 valence electrons. The number of nitrogens with two attached hydrogens (primary N) is 2. The van der Waals surface area contributed by atoms with Crippen molar-refractivity contribution in [2.24, 2.45) is 11.5 Å². The van der Waals surface area contributed by atoms with Gasteiger partial charge in [-0.25, -0.2) is 0 Å². The molecule has 0 saturated carbocycles. The molecule has 0 spiro atoms. The summed E-state index contributed by atoms with van der Waals surface area (Å²) in [6.07, 6.45) is 0.469. The first kappa shape index (κ1) is 23.6. The average molecular weight is 425 g/mol. The molecule has 0 fully saturated rings. The normalized spacial score (nSPS) is 12.3. The van der Waals surface area contributed by atoms with Crippen LogP contribution in [0.3, 0.4) is 0 Å². The van der Waals surface area contributed by atoms with E-state index in [0.717, 1.165) is 11.1 Å². The van der Waals surface area contributed by atoms with E-state index in [1.807, 2.05) is 60.7 Å². The second kappa shape index (κ2) is 12.1. The Bertz CT molecular complexity index is 889. The first-order chi connectivity index (χ1) is 14.9. The Balaban J connectivity index is 1.93. The largest absolute Gasteiger partial charge is 0.368 e. The number of hydrogen-bond donors (Lipinski definition) is 5. The number of nitrogens with one attached hydrogen (secondary N) is 3. The molecule has 2 rings (SSSR count). The number of rotatable bonds is 11. The molecule has 2 aromatic carbocycles. The maximum atomic E-state index is 12.6. The van der Waals surface area contributed by atoms with Crippen LogP contribution < -0.4 is 27.4 Å². The van der Waals surface area contributed by atoms with Gasteiger partial charge < -0.3 is 27.4 Å². The third-order valence-electron chi connectivity index (χ3n) is 4.50. The molecule has 31 heavy (non-hydrogen) atoms. The highest BCUT2D eigenvalue weighted by Crippen LogP contribution is 2.04. The Morgan fingerprint density at radius 3 is 1.71 bits per heavy atom. The van der Waals surface area contributed by atoms with Crippen molar-refractivity contribution >= 4 is 23.6 Å². The maximum Gasteiger partial charge on any atom is 0.243 e. The first-order valence-corrected chi connectivity index (χ1v) is 9.82. The van der Waals surface area contributed by atoms with Gasteiger partial charge in [-0.2, -0.15) is 0 Å². The van der Waals surface area contributed by atoms with E-state index in [0.29, 0.717) is 0 Å². The minimum atomic E-state index is -0.913. The summed E-state index contributed by atoms with van der Waals surface area (Å²) in [5.74, 6) is -2.28. The quantitative estimate of drug-likeness (QED) is 0.312. The third-order valence-corrected chi connectivity index (χ3v) is 4.50. The lowest BCUT2D eigenvalue weighted by molar-refractivity contribution is -0.130. The summed E-state index contributed by atoms with van der Waals surface area (Å²) in [7, 11) is 0. The Morgan fingerprint density at radius 1 is 0.742 bits per heavy atom. The molecular weight excluding hydrogens is 398 g/mol. The van der Waals surface area contributed by atoms with Gasteiger partial charge in [-0.3, -0.25) is 19.2 Å². The van der Waals surface area contributed by atoms with Crippen LogP contribution >= 0.6 is 0 Å². The highest BCUT2D eigenvalue weighted by Gasteiger charge is 2.23. The number of carbonyl (C=O) groups is 4.